The van der Waals surface area contributed by atoms with Gasteiger partial charge in [0.05, 0.1) is 29.2 Å². The number of rotatable bonds is 10. The Morgan fingerprint density at radius 3 is 1.68 bits per heavy atom. The summed E-state index contributed by atoms with van der Waals surface area (Å²) >= 11 is 11.8. The van der Waals surface area contributed by atoms with Gasteiger partial charge < -0.3 is 14.6 Å². The molecular weight excluding hydrogens is 531 g/mol. The highest BCUT2D eigenvalue weighted by Crippen LogP contribution is 2.25. The highest BCUT2D eigenvalue weighted by molar-refractivity contribution is 6.30. The number of carbonyl (C=O) groups excluding carboxylic acids is 1. The van der Waals surface area contributed by atoms with Crippen molar-refractivity contribution in [2.75, 3.05) is 18.0 Å². The molecule has 38 heavy (non-hydrogen) atoms. The molecule has 0 N–H and O–H groups in total. The lowest BCUT2D eigenvalue weighted by atomic mass is 9.88. The van der Waals surface area contributed by atoms with Gasteiger partial charge in [-0.3, -0.25) is 14.9 Å². The minimum absolute atomic E-state index is 0.00994. The average molecular weight is 555 g/mol. The molecule has 0 bridgehead atoms. The molecule has 0 amide bonds. The molecule has 4 rings (SSSR count). The number of oxime groups is 2. The summed E-state index contributed by atoms with van der Waals surface area (Å²) in [6, 6.07) is 20.5. The summed E-state index contributed by atoms with van der Waals surface area (Å²) in [6.07, 6.45) is 2.95. The second-order valence-corrected chi connectivity index (χ2v) is 9.48. The van der Waals surface area contributed by atoms with Gasteiger partial charge in [-0.05, 0) is 47.5 Å². The lowest BCUT2D eigenvalue weighted by Gasteiger charge is -2.35. The molecule has 2 atom stereocenters. The Balaban J connectivity index is 1.43. The van der Waals surface area contributed by atoms with Crippen LogP contribution >= 0.6 is 23.2 Å². The second-order valence-electron chi connectivity index (χ2n) is 8.60. The number of piperidine rings is 1. The van der Waals surface area contributed by atoms with Gasteiger partial charge >= 0.3 is 0 Å². The summed E-state index contributed by atoms with van der Waals surface area (Å²) in [7, 11) is 0. The molecule has 1 heterocycles. The predicted octanol–water partition coefficient (Wildman–Crippen LogP) is 5.93. The van der Waals surface area contributed by atoms with E-state index in [-0.39, 0.29) is 24.7 Å². The molecule has 0 radical (unpaired) electrons. The van der Waals surface area contributed by atoms with Crippen LogP contribution in [-0.4, -0.2) is 36.2 Å². The molecular formula is C27H24Cl2N4O5. The summed E-state index contributed by atoms with van der Waals surface area (Å²) in [6.45, 7) is 1.12. The van der Waals surface area contributed by atoms with E-state index < -0.39 is 16.8 Å². The van der Waals surface area contributed by atoms with Crippen molar-refractivity contribution >= 4 is 52.8 Å². The van der Waals surface area contributed by atoms with Crippen molar-refractivity contribution in [2.45, 2.75) is 13.2 Å². The van der Waals surface area contributed by atoms with Gasteiger partial charge in [-0.1, -0.05) is 57.8 Å². The van der Waals surface area contributed by atoms with Crippen LogP contribution in [0.4, 0.5) is 11.4 Å². The Bertz CT molecular complexity index is 1230. The van der Waals surface area contributed by atoms with Crippen molar-refractivity contribution in [2.24, 2.45) is 22.1 Å². The summed E-state index contributed by atoms with van der Waals surface area (Å²) in [4.78, 5) is 36.5. The zero-order chi connectivity index (χ0) is 26.9. The number of hydrogen-bond acceptors (Lipinski definition) is 8. The number of anilines is 1. The van der Waals surface area contributed by atoms with Gasteiger partial charge in [0, 0.05) is 41.0 Å². The maximum atomic E-state index is 13.2. The van der Waals surface area contributed by atoms with Crippen LogP contribution in [-0.2, 0) is 27.7 Å². The molecule has 1 aliphatic heterocycles. The van der Waals surface area contributed by atoms with Gasteiger partial charge in [-0.15, -0.1) is 0 Å². The molecule has 11 heteroatoms. The molecule has 196 valence electrons. The quantitative estimate of drug-likeness (QED) is 0.174. The number of ketones is 1. The first-order valence-corrected chi connectivity index (χ1v) is 12.5. The molecule has 9 nitrogen and oxygen atoms in total. The largest absolute Gasteiger partial charge is 0.391 e. The number of nitro benzene ring substituents is 1. The van der Waals surface area contributed by atoms with Crippen molar-refractivity contribution in [3.63, 3.8) is 0 Å². The zero-order valence-electron chi connectivity index (χ0n) is 20.2. The van der Waals surface area contributed by atoms with Crippen LogP contribution in [0.2, 0.25) is 10.0 Å². The number of carbonyl (C=O) groups is 1. The van der Waals surface area contributed by atoms with E-state index in [0.717, 1.165) is 16.8 Å². The Morgan fingerprint density at radius 1 is 0.816 bits per heavy atom. The first-order chi connectivity index (χ1) is 18.4. The van der Waals surface area contributed by atoms with Crippen LogP contribution in [0.3, 0.4) is 0 Å². The maximum Gasteiger partial charge on any atom is 0.269 e. The van der Waals surface area contributed by atoms with Crippen LogP contribution in [0.5, 0.6) is 0 Å². The normalized spacial score (nSPS) is 17.7. The van der Waals surface area contributed by atoms with Crippen molar-refractivity contribution in [3.8, 4) is 0 Å². The van der Waals surface area contributed by atoms with Crippen LogP contribution in [0.1, 0.15) is 11.1 Å². The maximum absolute atomic E-state index is 13.2. The van der Waals surface area contributed by atoms with Gasteiger partial charge in [0.15, 0.2) is 5.78 Å². The summed E-state index contributed by atoms with van der Waals surface area (Å²) < 4.78 is 0. The first-order valence-electron chi connectivity index (χ1n) is 11.7. The molecule has 0 aliphatic carbocycles. The molecule has 1 fully saturated rings. The molecule has 0 aromatic heterocycles. The second kappa shape index (κ2) is 13.0. The number of hydrogen-bond donors (Lipinski definition) is 0. The fourth-order valence-corrected chi connectivity index (χ4v) is 4.11. The fraction of sp³-hybridized carbons (Fsp3) is 0.222. The summed E-state index contributed by atoms with van der Waals surface area (Å²) in [5.41, 5.74) is 2.50. The highest BCUT2D eigenvalue weighted by Gasteiger charge is 2.34. The highest BCUT2D eigenvalue weighted by atomic mass is 35.5. The van der Waals surface area contributed by atoms with E-state index in [4.69, 9.17) is 32.9 Å². The van der Waals surface area contributed by atoms with Crippen LogP contribution < -0.4 is 4.90 Å². The van der Waals surface area contributed by atoms with Crippen molar-refractivity contribution in [1.82, 2.24) is 0 Å². The van der Waals surface area contributed by atoms with Crippen LogP contribution in [0, 0.1) is 22.0 Å². The van der Waals surface area contributed by atoms with Gasteiger partial charge in [0.1, 0.15) is 13.2 Å². The average Bonchev–Trinajstić information content (AvgIpc) is 2.92. The van der Waals surface area contributed by atoms with Gasteiger partial charge in [0.2, 0.25) is 0 Å². The number of halogens is 2. The van der Waals surface area contributed by atoms with E-state index in [2.05, 4.69) is 10.3 Å². The smallest absolute Gasteiger partial charge is 0.269 e. The number of non-ortho nitro benzene ring substituents is 1. The van der Waals surface area contributed by atoms with Gasteiger partial charge in [-0.25, -0.2) is 0 Å². The minimum Gasteiger partial charge on any atom is -0.391 e. The lowest BCUT2D eigenvalue weighted by Crippen LogP contribution is -2.48. The third-order valence-corrected chi connectivity index (χ3v) is 6.41. The zero-order valence-corrected chi connectivity index (χ0v) is 21.7. The molecule has 1 aliphatic rings. The number of Topliss-reactive ketones (excluding diaryl/α,β-unsaturated/α-hetero) is 1. The summed E-state index contributed by atoms with van der Waals surface area (Å²) in [5.74, 6) is -1.26. The fourth-order valence-electron chi connectivity index (χ4n) is 3.86. The monoisotopic (exact) mass is 554 g/mol. The molecule has 0 spiro atoms. The van der Waals surface area contributed by atoms with E-state index in [9.17, 15) is 14.9 Å². The van der Waals surface area contributed by atoms with E-state index in [1.54, 1.807) is 36.4 Å². The minimum atomic E-state index is -0.586. The molecule has 0 unspecified atom stereocenters. The number of nitro groups is 1. The SMILES string of the molecule is O=C1[C@H](/C=N\OCc2ccc(Cl)cc2)CN(c2ccc([N+](=O)[O-])cc2)C[C@@H]1/C=N/OCc1ccc(Cl)cc1. The third kappa shape index (κ3) is 7.53. The van der Waals surface area contributed by atoms with E-state index in [0.29, 0.717) is 23.1 Å². The standard InChI is InChI=1S/C27H24Cl2N4O5/c28-23-5-1-19(2-6-23)17-37-30-13-21-15-32(25-9-11-26(12-10-25)33(35)36)16-22(27(21)34)14-31-38-18-20-3-7-24(29)8-4-20/h1-14,21-22H,15-18H2/b30-13-,31-14+/t21-,22+/m1/s1. The molecule has 1 saturated heterocycles. The Morgan fingerprint density at radius 2 is 1.26 bits per heavy atom. The first kappa shape index (κ1) is 27.1. The number of benzene rings is 3. The number of nitrogens with zero attached hydrogens (tertiary/aromatic N) is 4. The van der Waals surface area contributed by atoms with Gasteiger partial charge in [-0.2, -0.15) is 0 Å². The van der Waals surface area contributed by atoms with Crippen molar-refractivity contribution in [3.05, 3.63) is 104 Å². The van der Waals surface area contributed by atoms with E-state index in [1.165, 1.54) is 24.6 Å². The molecule has 3 aromatic carbocycles. The van der Waals surface area contributed by atoms with Gasteiger partial charge in [0.25, 0.3) is 5.69 Å². The van der Waals surface area contributed by atoms with Crippen LogP contribution in [0.25, 0.3) is 0 Å². The molecule has 0 saturated carbocycles. The third-order valence-electron chi connectivity index (χ3n) is 5.91. The van der Waals surface area contributed by atoms with E-state index in [1.807, 2.05) is 29.2 Å². The summed E-state index contributed by atoms with van der Waals surface area (Å²) in [5, 5.41) is 20.3. The Labute approximate surface area is 229 Å². The van der Waals surface area contributed by atoms with E-state index >= 15 is 0 Å². The van der Waals surface area contributed by atoms with Crippen LogP contribution in [0.15, 0.2) is 83.1 Å². The van der Waals surface area contributed by atoms with Crippen molar-refractivity contribution < 1.29 is 19.4 Å². The molecule has 3 aromatic rings. The Hall–Kier alpha value is -3.95. The predicted molar refractivity (Wildman–Crippen MR) is 147 cm³/mol. The topological polar surface area (TPSA) is 107 Å². The lowest BCUT2D eigenvalue weighted by molar-refractivity contribution is -0.384. The van der Waals surface area contributed by atoms with Crippen molar-refractivity contribution in [1.29, 1.82) is 0 Å². The Kier molecular flexibility index (Phi) is 9.29.